The molecule has 180 valence electrons. The molecule has 4 rings (SSSR count). The van der Waals surface area contributed by atoms with E-state index in [0.29, 0.717) is 29.0 Å². The van der Waals surface area contributed by atoms with Crippen LogP contribution < -0.4 is 9.47 Å². The number of esters is 2. The quantitative estimate of drug-likeness (QED) is 0.146. The van der Waals surface area contributed by atoms with Gasteiger partial charge < -0.3 is 14.2 Å². The first-order chi connectivity index (χ1) is 17.4. The van der Waals surface area contributed by atoms with Crippen molar-refractivity contribution < 1.29 is 28.7 Å². The molecule has 1 aliphatic heterocycles. The molecule has 9 heteroatoms. The number of benzene rings is 3. The lowest BCUT2D eigenvalue weighted by Crippen LogP contribution is -2.06. The van der Waals surface area contributed by atoms with Crippen molar-refractivity contribution in [2.45, 2.75) is 6.92 Å². The fourth-order valence-electron chi connectivity index (χ4n) is 3.29. The van der Waals surface area contributed by atoms with Crippen LogP contribution in [-0.2, 0) is 14.3 Å². The molecule has 36 heavy (non-hydrogen) atoms. The fourth-order valence-corrected chi connectivity index (χ4v) is 3.29. The molecule has 3 aromatic carbocycles. The summed E-state index contributed by atoms with van der Waals surface area (Å²) in [5.41, 5.74) is 1.80. The number of aliphatic imine (C=N–C) groups is 1. The van der Waals surface area contributed by atoms with E-state index in [-0.39, 0.29) is 23.0 Å². The summed E-state index contributed by atoms with van der Waals surface area (Å²) in [5.74, 6) is -0.575. The molecule has 1 aliphatic rings. The largest absolute Gasteiger partial charge is 0.490 e. The first kappa shape index (κ1) is 24.1. The highest BCUT2D eigenvalue weighted by Crippen LogP contribution is 2.30. The molecule has 0 saturated carbocycles. The molecule has 1 heterocycles. The lowest BCUT2D eigenvalue weighted by molar-refractivity contribution is -0.384. The highest BCUT2D eigenvalue weighted by Gasteiger charge is 2.24. The van der Waals surface area contributed by atoms with Crippen LogP contribution in [0.3, 0.4) is 0 Å². The number of rotatable bonds is 8. The standard InChI is InChI=1S/C27H20N2O7/c1-2-34-24-17-19(16-22-27(31)36-26(28-22)20-8-4-3-5-9-20)11-13-23(24)35-25(30)14-12-18-7-6-10-21(15-18)29(32)33/h3-17H,2H2,1H3/b14-12+,22-16-. The number of ether oxygens (including phenoxy) is 3. The number of nitro groups is 1. The Bertz CT molecular complexity index is 1410. The highest BCUT2D eigenvalue weighted by molar-refractivity contribution is 6.12. The highest BCUT2D eigenvalue weighted by atomic mass is 16.6. The molecular formula is C27H20N2O7. The zero-order valence-electron chi connectivity index (χ0n) is 19.1. The maximum absolute atomic E-state index is 12.3. The van der Waals surface area contributed by atoms with Crippen LogP contribution in [0.1, 0.15) is 23.6 Å². The lowest BCUT2D eigenvalue weighted by Gasteiger charge is -2.10. The summed E-state index contributed by atoms with van der Waals surface area (Å²) < 4.78 is 16.3. The molecule has 0 atom stereocenters. The van der Waals surface area contributed by atoms with E-state index in [1.807, 2.05) is 18.2 Å². The minimum Gasteiger partial charge on any atom is -0.490 e. The van der Waals surface area contributed by atoms with Gasteiger partial charge in [-0.1, -0.05) is 36.4 Å². The molecule has 0 radical (unpaired) electrons. The summed E-state index contributed by atoms with van der Waals surface area (Å²) in [7, 11) is 0. The Kier molecular flexibility index (Phi) is 7.30. The predicted molar refractivity (Wildman–Crippen MR) is 132 cm³/mol. The zero-order valence-corrected chi connectivity index (χ0v) is 19.1. The van der Waals surface area contributed by atoms with Gasteiger partial charge in [0, 0.05) is 23.8 Å². The Morgan fingerprint density at radius 1 is 1.03 bits per heavy atom. The second-order valence-electron chi connectivity index (χ2n) is 7.45. The maximum atomic E-state index is 12.3. The van der Waals surface area contributed by atoms with Crippen LogP contribution in [-0.4, -0.2) is 29.4 Å². The van der Waals surface area contributed by atoms with Crippen LogP contribution in [0.15, 0.2) is 89.6 Å². The van der Waals surface area contributed by atoms with Crippen LogP contribution in [0.5, 0.6) is 11.5 Å². The number of nitro benzene ring substituents is 1. The predicted octanol–water partition coefficient (Wildman–Crippen LogP) is 4.96. The average molecular weight is 484 g/mol. The van der Waals surface area contributed by atoms with Gasteiger partial charge in [-0.15, -0.1) is 0 Å². The molecule has 0 fully saturated rings. The summed E-state index contributed by atoms with van der Waals surface area (Å²) in [6, 6.07) is 19.7. The number of carbonyl (C=O) groups is 2. The normalized spacial score (nSPS) is 14.0. The van der Waals surface area contributed by atoms with Crippen molar-refractivity contribution in [3.63, 3.8) is 0 Å². The SMILES string of the molecule is CCOc1cc(/C=C2\N=C(c3ccccc3)OC2=O)ccc1OC(=O)/C=C/c1cccc([N+](=O)[O-])c1. The summed E-state index contributed by atoms with van der Waals surface area (Å²) in [6.45, 7) is 2.09. The Labute approximate surface area is 206 Å². The number of carbonyl (C=O) groups excluding carboxylic acids is 2. The summed E-state index contributed by atoms with van der Waals surface area (Å²) in [5, 5.41) is 10.9. The topological polar surface area (TPSA) is 117 Å². The number of hydrogen-bond donors (Lipinski definition) is 0. The van der Waals surface area contributed by atoms with Gasteiger partial charge in [0.2, 0.25) is 5.90 Å². The Morgan fingerprint density at radius 2 is 1.83 bits per heavy atom. The van der Waals surface area contributed by atoms with Gasteiger partial charge in [0.05, 0.1) is 11.5 Å². The van der Waals surface area contributed by atoms with E-state index >= 15 is 0 Å². The van der Waals surface area contributed by atoms with Crippen LogP contribution in [0.4, 0.5) is 5.69 Å². The first-order valence-corrected chi connectivity index (χ1v) is 10.9. The molecule has 0 bridgehead atoms. The maximum Gasteiger partial charge on any atom is 0.363 e. The smallest absolute Gasteiger partial charge is 0.363 e. The van der Waals surface area contributed by atoms with Gasteiger partial charge in [-0.25, -0.2) is 14.6 Å². The van der Waals surface area contributed by atoms with Crippen LogP contribution in [0.2, 0.25) is 0 Å². The minimum atomic E-state index is -0.690. The number of cyclic esters (lactones) is 1. The Hall–Kier alpha value is -5.05. The van der Waals surface area contributed by atoms with Gasteiger partial charge >= 0.3 is 11.9 Å². The molecule has 3 aromatic rings. The van der Waals surface area contributed by atoms with Gasteiger partial charge in [-0.3, -0.25) is 10.1 Å². The molecule has 0 amide bonds. The first-order valence-electron chi connectivity index (χ1n) is 10.9. The minimum absolute atomic E-state index is 0.0831. The van der Waals surface area contributed by atoms with Crippen molar-refractivity contribution in [2.24, 2.45) is 4.99 Å². The second kappa shape index (κ2) is 10.9. The van der Waals surface area contributed by atoms with Crippen molar-refractivity contribution in [2.75, 3.05) is 6.61 Å². The zero-order chi connectivity index (χ0) is 25.5. The third-order valence-electron chi connectivity index (χ3n) is 4.92. The third kappa shape index (κ3) is 5.89. The van der Waals surface area contributed by atoms with Crippen molar-refractivity contribution in [3.05, 3.63) is 111 Å². The molecule has 0 spiro atoms. The summed E-state index contributed by atoms with van der Waals surface area (Å²) in [4.78, 5) is 39.3. The third-order valence-corrected chi connectivity index (χ3v) is 4.92. The molecule has 9 nitrogen and oxygen atoms in total. The Morgan fingerprint density at radius 3 is 2.58 bits per heavy atom. The van der Waals surface area contributed by atoms with Gasteiger partial charge in [0.15, 0.2) is 17.2 Å². The summed E-state index contributed by atoms with van der Waals surface area (Å²) >= 11 is 0. The van der Waals surface area contributed by atoms with Crippen molar-refractivity contribution in [3.8, 4) is 11.5 Å². The number of non-ortho nitro benzene ring substituents is 1. The van der Waals surface area contributed by atoms with Crippen molar-refractivity contribution in [1.29, 1.82) is 0 Å². The van der Waals surface area contributed by atoms with E-state index in [9.17, 15) is 19.7 Å². The van der Waals surface area contributed by atoms with Gasteiger partial charge in [-0.05, 0) is 54.5 Å². The van der Waals surface area contributed by atoms with Crippen LogP contribution in [0, 0.1) is 10.1 Å². The molecule has 0 aliphatic carbocycles. The molecule has 0 N–H and O–H groups in total. The molecule has 0 saturated heterocycles. The van der Waals surface area contributed by atoms with Crippen molar-refractivity contribution in [1.82, 2.24) is 0 Å². The average Bonchev–Trinajstić information content (AvgIpc) is 3.25. The van der Waals surface area contributed by atoms with Gasteiger partial charge in [0.1, 0.15) is 0 Å². The van der Waals surface area contributed by atoms with E-state index in [0.717, 1.165) is 0 Å². The molecule has 0 aromatic heterocycles. The van der Waals surface area contributed by atoms with Crippen LogP contribution in [0.25, 0.3) is 12.2 Å². The second-order valence-corrected chi connectivity index (χ2v) is 7.45. The lowest BCUT2D eigenvalue weighted by atomic mass is 10.1. The van der Waals surface area contributed by atoms with Crippen molar-refractivity contribution >= 4 is 35.7 Å². The van der Waals surface area contributed by atoms with E-state index in [4.69, 9.17) is 14.2 Å². The monoisotopic (exact) mass is 484 g/mol. The number of hydrogen-bond acceptors (Lipinski definition) is 8. The van der Waals surface area contributed by atoms with E-state index in [1.165, 1.54) is 30.4 Å². The van der Waals surface area contributed by atoms with Gasteiger partial charge in [0.25, 0.3) is 5.69 Å². The van der Waals surface area contributed by atoms with Crippen LogP contribution >= 0.6 is 0 Å². The summed E-state index contributed by atoms with van der Waals surface area (Å²) in [6.07, 6.45) is 4.14. The van der Waals surface area contributed by atoms with E-state index in [2.05, 4.69) is 4.99 Å². The van der Waals surface area contributed by atoms with E-state index in [1.54, 1.807) is 49.4 Å². The van der Waals surface area contributed by atoms with Gasteiger partial charge in [-0.2, -0.15) is 0 Å². The van der Waals surface area contributed by atoms with E-state index < -0.39 is 16.9 Å². The molecule has 0 unspecified atom stereocenters. The fraction of sp³-hybridized carbons (Fsp3) is 0.0741. The number of nitrogens with zero attached hydrogens (tertiary/aromatic N) is 2. The Balaban J connectivity index is 1.51. The molecular weight excluding hydrogens is 464 g/mol.